The number of rotatable bonds is 5. The highest BCUT2D eigenvalue weighted by molar-refractivity contribution is 7.87. The van der Waals surface area contributed by atoms with Crippen LogP contribution in [0.5, 0.6) is 0 Å². The summed E-state index contributed by atoms with van der Waals surface area (Å²) in [5.41, 5.74) is -0.532. The first-order valence-electron chi connectivity index (χ1n) is 7.34. The molecule has 2 rings (SSSR count). The molecule has 1 aromatic carbocycles. The molecule has 6 heteroatoms. The van der Waals surface area contributed by atoms with Crippen LogP contribution in [-0.4, -0.2) is 37.5 Å². The van der Waals surface area contributed by atoms with E-state index < -0.39 is 15.8 Å². The van der Waals surface area contributed by atoms with Crippen LogP contribution < -0.4 is 4.72 Å². The van der Waals surface area contributed by atoms with Gasteiger partial charge in [0, 0.05) is 19.6 Å². The minimum absolute atomic E-state index is 0.0375. The summed E-state index contributed by atoms with van der Waals surface area (Å²) >= 11 is 0. The second-order valence-corrected chi connectivity index (χ2v) is 7.83. The van der Waals surface area contributed by atoms with Crippen molar-refractivity contribution in [2.24, 2.45) is 5.92 Å². The molecule has 1 fully saturated rings. The van der Waals surface area contributed by atoms with Crippen molar-refractivity contribution in [2.75, 3.05) is 19.6 Å². The van der Waals surface area contributed by atoms with Crippen molar-refractivity contribution in [1.82, 2.24) is 9.03 Å². The van der Waals surface area contributed by atoms with Gasteiger partial charge in [0.1, 0.15) is 5.60 Å². The summed E-state index contributed by atoms with van der Waals surface area (Å²) in [5, 5.41) is 10.5. The highest BCUT2D eigenvalue weighted by Crippen LogP contribution is 2.21. The number of benzene rings is 1. The highest BCUT2D eigenvalue weighted by Gasteiger charge is 2.30. The molecular formula is C15H24N2O3S. The van der Waals surface area contributed by atoms with Crippen molar-refractivity contribution in [3.05, 3.63) is 35.9 Å². The molecule has 0 amide bonds. The molecule has 0 aliphatic carbocycles. The topological polar surface area (TPSA) is 69.6 Å². The molecule has 118 valence electrons. The Labute approximate surface area is 127 Å². The normalized spacial score (nSPS) is 23.7. The fourth-order valence-electron chi connectivity index (χ4n) is 2.59. The van der Waals surface area contributed by atoms with Gasteiger partial charge in [0.25, 0.3) is 10.2 Å². The maximum absolute atomic E-state index is 12.3. The van der Waals surface area contributed by atoms with E-state index in [1.54, 1.807) is 19.1 Å². The molecule has 1 saturated heterocycles. The third kappa shape index (κ3) is 4.26. The molecular weight excluding hydrogens is 288 g/mol. The fourth-order valence-corrected chi connectivity index (χ4v) is 4.05. The minimum Gasteiger partial charge on any atom is -0.384 e. The van der Waals surface area contributed by atoms with E-state index in [4.69, 9.17) is 0 Å². The molecule has 2 N–H and O–H groups in total. The largest absolute Gasteiger partial charge is 0.384 e. The van der Waals surface area contributed by atoms with E-state index >= 15 is 0 Å². The second-order valence-electron chi connectivity index (χ2n) is 6.07. The Morgan fingerprint density at radius 2 is 2.05 bits per heavy atom. The Kier molecular flexibility index (Phi) is 5.03. The molecule has 1 heterocycles. The number of aliphatic hydroxyl groups is 1. The average Bonchev–Trinajstić information content (AvgIpc) is 2.46. The maximum atomic E-state index is 12.3. The van der Waals surface area contributed by atoms with Crippen LogP contribution in [0.2, 0.25) is 0 Å². The lowest BCUT2D eigenvalue weighted by molar-refractivity contribution is 0.0621. The lowest BCUT2D eigenvalue weighted by atomic mass is 9.97. The van der Waals surface area contributed by atoms with Gasteiger partial charge in [-0.2, -0.15) is 17.4 Å². The van der Waals surface area contributed by atoms with Crippen LogP contribution in [0.3, 0.4) is 0 Å². The summed E-state index contributed by atoms with van der Waals surface area (Å²) in [6.07, 6.45) is 1.95. The first-order chi connectivity index (χ1) is 9.81. The van der Waals surface area contributed by atoms with Gasteiger partial charge < -0.3 is 5.11 Å². The zero-order chi connectivity index (χ0) is 15.5. The number of nitrogens with one attached hydrogen (secondary N) is 1. The van der Waals surface area contributed by atoms with Crippen LogP contribution in [0, 0.1) is 5.92 Å². The highest BCUT2D eigenvalue weighted by atomic mass is 32.2. The number of nitrogens with zero attached hydrogens (tertiary/aromatic N) is 1. The monoisotopic (exact) mass is 312 g/mol. The Balaban J connectivity index is 2.01. The average molecular weight is 312 g/mol. The summed E-state index contributed by atoms with van der Waals surface area (Å²) in [6.45, 7) is 4.73. The molecule has 0 unspecified atom stereocenters. The molecule has 1 aromatic rings. The first-order valence-corrected chi connectivity index (χ1v) is 8.78. The van der Waals surface area contributed by atoms with Crippen molar-refractivity contribution in [3.8, 4) is 0 Å². The Hall–Kier alpha value is -0.950. The van der Waals surface area contributed by atoms with E-state index in [2.05, 4.69) is 11.6 Å². The predicted molar refractivity (Wildman–Crippen MR) is 82.9 cm³/mol. The van der Waals surface area contributed by atoms with E-state index in [0.29, 0.717) is 24.6 Å². The number of hydrogen-bond donors (Lipinski definition) is 2. The Morgan fingerprint density at radius 1 is 1.38 bits per heavy atom. The van der Waals surface area contributed by atoms with E-state index in [0.717, 1.165) is 12.8 Å². The summed E-state index contributed by atoms with van der Waals surface area (Å²) in [6, 6.07) is 9.09. The van der Waals surface area contributed by atoms with Gasteiger partial charge in [0.2, 0.25) is 0 Å². The zero-order valence-corrected chi connectivity index (χ0v) is 13.4. The summed E-state index contributed by atoms with van der Waals surface area (Å²) in [4.78, 5) is 0. The van der Waals surface area contributed by atoms with Gasteiger partial charge in [0.05, 0.1) is 0 Å². The third-order valence-electron chi connectivity index (χ3n) is 3.95. The van der Waals surface area contributed by atoms with Crippen LogP contribution in [-0.2, 0) is 15.8 Å². The molecule has 0 radical (unpaired) electrons. The molecule has 0 saturated carbocycles. The van der Waals surface area contributed by atoms with Gasteiger partial charge in [-0.15, -0.1) is 0 Å². The standard InChI is InChI=1S/C15H24N2O3S/c1-13-7-6-10-17(11-13)21(19,20)16-12-15(2,18)14-8-4-3-5-9-14/h3-5,8-9,13,16,18H,6-7,10-12H2,1-2H3/t13-,15+/m0/s1. The van der Waals surface area contributed by atoms with Gasteiger partial charge in [-0.05, 0) is 31.2 Å². The van der Waals surface area contributed by atoms with E-state index in [1.807, 2.05) is 18.2 Å². The Morgan fingerprint density at radius 3 is 2.67 bits per heavy atom. The number of hydrogen-bond acceptors (Lipinski definition) is 3. The molecule has 0 spiro atoms. The smallest absolute Gasteiger partial charge is 0.279 e. The summed E-state index contributed by atoms with van der Waals surface area (Å²) in [5.74, 6) is 0.380. The SMILES string of the molecule is C[C@H]1CCCN(S(=O)(=O)NC[C@@](C)(O)c2ccccc2)C1. The van der Waals surface area contributed by atoms with Crippen LogP contribution >= 0.6 is 0 Å². The molecule has 1 aliphatic heterocycles. The van der Waals surface area contributed by atoms with Crippen molar-refractivity contribution >= 4 is 10.2 Å². The predicted octanol–water partition coefficient (Wildman–Crippen LogP) is 1.46. The van der Waals surface area contributed by atoms with Crippen molar-refractivity contribution < 1.29 is 13.5 Å². The van der Waals surface area contributed by atoms with Gasteiger partial charge >= 0.3 is 0 Å². The maximum Gasteiger partial charge on any atom is 0.279 e. The van der Waals surface area contributed by atoms with Crippen LogP contribution in [0.1, 0.15) is 32.3 Å². The van der Waals surface area contributed by atoms with Crippen LogP contribution in [0.25, 0.3) is 0 Å². The molecule has 0 bridgehead atoms. The van der Waals surface area contributed by atoms with Gasteiger partial charge in [-0.25, -0.2) is 0 Å². The Bertz CT molecular complexity index is 558. The quantitative estimate of drug-likeness (QED) is 0.865. The van der Waals surface area contributed by atoms with Crippen molar-refractivity contribution in [3.63, 3.8) is 0 Å². The van der Waals surface area contributed by atoms with Crippen molar-refractivity contribution in [2.45, 2.75) is 32.3 Å². The molecule has 2 atom stereocenters. The molecule has 5 nitrogen and oxygen atoms in total. The lowest BCUT2D eigenvalue weighted by Crippen LogP contribution is -2.48. The van der Waals surface area contributed by atoms with Crippen molar-refractivity contribution in [1.29, 1.82) is 0 Å². The van der Waals surface area contributed by atoms with Gasteiger partial charge in [0.15, 0.2) is 0 Å². The molecule has 21 heavy (non-hydrogen) atoms. The number of piperidine rings is 1. The third-order valence-corrected chi connectivity index (χ3v) is 5.47. The fraction of sp³-hybridized carbons (Fsp3) is 0.600. The van der Waals surface area contributed by atoms with Gasteiger partial charge in [-0.3, -0.25) is 0 Å². The van der Waals surface area contributed by atoms with Crippen LogP contribution in [0.15, 0.2) is 30.3 Å². The van der Waals surface area contributed by atoms with Crippen LogP contribution in [0.4, 0.5) is 0 Å². The molecule has 1 aliphatic rings. The summed E-state index contributed by atoms with van der Waals surface area (Å²) < 4.78 is 28.6. The van der Waals surface area contributed by atoms with E-state index in [9.17, 15) is 13.5 Å². The second kappa shape index (κ2) is 6.44. The van der Waals surface area contributed by atoms with E-state index in [1.165, 1.54) is 4.31 Å². The molecule has 0 aromatic heterocycles. The lowest BCUT2D eigenvalue weighted by Gasteiger charge is -2.31. The minimum atomic E-state index is -3.53. The van der Waals surface area contributed by atoms with E-state index in [-0.39, 0.29) is 6.54 Å². The zero-order valence-electron chi connectivity index (χ0n) is 12.6. The summed E-state index contributed by atoms with van der Waals surface area (Å²) in [7, 11) is -3.53. The van der Waals surface area contributed by atoms with Gasteiger partial charge in [-0.1, -0.05) is 37.3 Å². The first kappa shape index (κ1) is 16.4.